The summed E-state index contributed by atoms with van der Waals surface area (Å²) < 4.78 is 18.5. The maximum atomic E-state index is 6.24. The normalized spacial score (nSPS) is 13.2. The summed E-state index contributed by atoms with van der Waals surface area (Å²) in [6, 6.07) is 11.6. The largest absolute Gasteiger partial charge is 0.493 e. The molecule has 29 heavy (non-hydrogen) atoms. The molecule has 0 saturated carbocycles. The first kappa shape index (κ1) is 19.5. The standard InChI is InChI=1S/C22H24ClN3O3/c1-27-18-11-14(12-19(28-2)21(18)29-3)20-17-9-4-5-10-24-22(17)26(25-20)16-8-6-7-15(23)13-16/h6-8,11-13,24H,4-5,9-10H2,1-3H3. The number of methoxy groups -OCH3 is 3. The van der Waals surface area contributed by atoms with Gasteiger partial charge >= 0.3 is 0 Å². The lowest BCUT2D eigenvalue weighted by atomic mass is 10.0. The number of anilines is 1. The lowest BCUT2D eigenvalue weighted by Gasteiger charge is -2.14. The number of aromatic nitrogens is 2. The van der Waals surface area contributed by atoms with Gasteiger partial charge in [-0.15, -0.1) is 0 Å². The third-order valence-corrected chi connectivity index (χ3v) is 5.36. The van der Waals surface area contributed by atoms with Crippen LogP contribution in [0.1, 0.15) is 18.4 Å². The van der Waals surface area contributed by atoms with Crippen molar-refractivity contribution < 1.29 is 14.2 Å². The molecule has 1 N–H and O–H groups in total. The number of hydrogen-bond acceptors (Lipinski definition) is 5. The van der Waals surface area contributed by atoms with E-state index in [-0.39, 0.29) is 0 Å². The number of ether oxygens (including phenoxy) is 3. The highest BCUT2D eigenvalue weighted by Gasteiger charge is 2.24. The average Bonchev–Trinajstić information content (AvgIpc) is 2.93. The van der Waals surface area contributed by atoms with Gasteiger partial charge in [-0.1, -0.05) is 17.7 Å². The first-order valence-corrected chi connectivity index (χ1v) is 9.96. The van der Waals surface area contributed by atoms with Gasteiger partial charge in [-0.25, -0.2) is 4.68 Å². The van der Waals surface area contributed by atoms with Crippen LogP contribution >= 0.6 is 11.6 Å². The summed E-state index contributed by atoms with van der Waals surface area (Å²) in [7, 11) is 4.84. The van der Waals surface area contributed by atoms with Crippen molar-refractivity contribution in [2.45, 2.75) is 19.3 Å². The van der Waals surface area contributed by atoms with Gasteiger partial charge in [0.25, 0.3) is 0 Å². The van der Waals surface area contributed by atoms with E-state index < -0.39 is 0 Å². The molecule has 0 saturated heterocycles. The molecule has 1 aliphatic heterocycles. The van der Waals surface area contributed by atoms with Gasteiger partial charge in [0.2, 0.25) is 5.75 Å². The molecule has 0 bridgehead atoms. The number of nitrogens with one attached hydrogen (secondary N) is 1. The zero-order valence-corrected chi connectivity index (χ0v) is 17.5. The summed E-state index contributed by atoms with van der Waals surface area (Å²) in [6.07, 6.45) is 3.15. The van der Waals surface area contributed by atoms with Crippen LogP contribution in [0.3, 0.4) is 0 Å². The summed E-state index contributed by atoms with van der Waals surface area (Å²) in [4.78, 5) is 0. The second-order valence-electron chi connectivity index (χ2n) is 6.87. The molecule has 0 radical (unpaired) electrons. The fraction of sp³-hybridized carbons (Fsp3) is 0.318. The van der Waals surface area contributed by atoms with E-state index in [1.165, 1.54) is 5.56 Å². The molecule has 4 rings (SSSR count). The quantitative estimate of drug-likeness (QED) is 0.640. The highest BCUT2D eigenvalue weighted by Crippen LogP contribution is 2.43. The van der Waals surface area contributed by atoms with Crippen molar-refractivity contribution in [2.24, 2.45) is 0 Å². The number of hydrogen-bond donors (Lipinski definition) is 1. The Balaban J connectivity index is 1.93. The number of nitrogens with zero attached hydrogens (tertiary/aromatic N) is 2. The molecule has 0 spiro atoms. The molecule has 6 nitrogen and oxygen atoms in total. The van der Waals surface area contributed by atoms with Gasteiger partial charge < -0.3 is 19.5 Å². The van der Waals surface area contributed by atoms with Crippen LogP contribution in [0.25, 0.3) is 16.9 Å². The molecule has 1 aliphatic rings. The first-order chi connectivity index (χ1) is 14.2. The summed E-state index contributed by atoms with van der Waals surface area (Å²) in [5.74, 6) is 2.79. The molecule has 0 aliphatic carbocycles. The van der Waals surface area contributed by atoms with E-state index in [1.807, 2.05) is 41.1 Å². The van der Waals surface area contributed by atoms with Crippen molar-refractivity contribution in [3.8, 4) is 34.2 Å². The Hall–Kier alpha value is -2.86. The van der Waals surface area contributed by atoms with Crippen LogP contribution in [0.2, 0.25) is 5.02 Å². The Morgan fingerprint density at radius 1 is 1.00 bits per heavy atom. The van der Waals surface area contributed by atoms with Crippen LogP contribution < -0.4 is 19.5 Å². The molecule has 1 aromatic heterocycles. The van der Waals surface area contributed by atoms with E-state index in [1.54, 1.807) is 21.3 Å². The van der Waals surface area contributed by atoms with Crippen molar-refractivity contribution in [1.82, 2.24) is 9.78 Å². The monoisotopic (exact) mass is 413 g/mol. The number of rotatable bonds is 5. The molecule has 0 unspecified atom stereocenters. The van der Waals surface area contributed by atoms with Gasteiger partial charge in [0.15, 0.2) is 11.5 Å². The minimum atomic E-state index is 0.567. The Morgan fingerprint density at radius 3 is 2.41 bits per heavy atom. The van der Waals surface area contributed by atoms with Crippen molar-refractivity contribution in [2.75, 3.05) is 33.2 Å². The third-order valence-electron chi connectivity index (χ3n) is 5.12. The second-order valence-corrected chi connectivity index (χ2v) is 7.30. The van der Waals surface area contributed by atoms with Crippen LogP contribution in [0.5, 0.6) is 17.2 Å². The predicted molar refractivity (Wildman–Crippen MR) is 115 cm³/mol. The van der Waals surface area contributed by atoms with E-state index in [4.69, 9.17) is 30.9 Å². The Morgan fingerprint density at radius 2 is 1.76 bits per heavy atom. The molecule has 2 heterocycles. The van der Waals surface area contributed by atoms with Gasteiger partial charge in [-0.2, -0.15) is 5.10 Å². The van der Waals surface area contributed by atoms with Crippen LogP contribution in [0, 0.1) is 0 Å². The van der Waals surface area contributed by atoms with E-state index >= 15 is 0 Å². The lowest BCUT2D eigenvalue weighted by Crippen LogP contribution is -2.07. The van der Waals surface area contributed by atoms with Crippen molar-refractivity contribution in [1.29, 1.82) is 0 Å². The molecule has 0 atom stereocenters. The Labute approximate surface area is 175 Å². The van der Waals surface area contributed by atoms with E-state index in [9.17, 15) is 0 Å². The van der Waals surface area contributed by atoms with Gasteiger partial charge in [-0.3, -0.25) is 0 Å². The average molecular weight is 414 g/mol. The highest BCUT2D eigenvalue weighted by atomic mass is 35.5. The second kappa shape index (κ2) is 8.25. The molecule has 2 aromatic carbocycles. The molecule has 7 heteroatoms. The molecule has 152 valence electrons. The molecular formula is C22H24ClN3O3. The summed E-state index contributed by atoms with van der Waals surface area (Å²) in [6.45, 7) is 0.911. The molecule has 0 amide bonds. The summed E-state index contributed by atoms with van der Waals surface area (Å²) >= 11 is 6.24. The predicted octanol–water partition coefficient (Wildman–Crippen LogP) is 4.97. The van der Waals surface area contributed by atoms with Crippen molar-refractivity contribution in [3.05, 3.63) is 47.0 Å². The summed E-state index contributed by atoms with van der Waals surface area (Å²) in [5.41, 5.74) is 3.91. The lowest BCUT2D eigenvalue weighted by molar-refractivity contribution is 0.324. The van der Waals surface area contributed by atoms with Crippen molar-refractivity contribution >= 4 is 17.4 Å². The topological polar surface area (TPSA) is 57.5 Å². The molecule has 0 fully saturated rings. The van der Waals surface area contributed by atoms with Crippen LogP contribution in [-0.4, -0.2) is 37.7 Å². The fourth-order valence-electron chi connectivity index (χ4n) is 3.75. The third kappa shape index (κ3) is 3.60. The number of halogens is 1. The first-order valence-electron chi connectivity index (χ1n) is 9.58. The smallest absolute Gasteiger partial charge is 0.203 e. The minimum Gasteiger partial charge on any atom is -0.493 e. The van der Waals surface area contributed by atoms with E-state index in [2.05, 4.69) is 5.32 Å². The molecular weight excluding hydrogens is 390 g/mol. The Kier molecular flexibility index (Phi) is 5.53. The van der Waals surface area contributed by atoms with Crippen LogP contribution in [-0.2, 0) is 6.42 Å². The fourth-order valence-corrected chi connectivity index (χ4v) is 3.93. The zero-order valence-electron chi connectivity index (χ0n) is 16.8. The minimum absolute atomic E-state index is 0.567. The van der Waals surface area contributed by atoms with Gasteiger partial charge in [-0.05, 0) is 49.6 Å². The van der Waals surface area contributed by atoms with E-state index in [0.29, 0.717) is 22.3 Å². The van der Waals surface area contributed by atoms with Crippen LogP contribution in [0.4, 0.5) is 5.82 Å². The zero-order chi connectivity index (χ0) is 20.4. The molecule has 3 aromatic rings. The van der Waals surface area contributed by atoms with Gasteiger partial charge in [0.1, 0.15) is 5.82 Å². The Bertz CT molecular complexity index is 1010. The summed E-state index contributed by atoms with van der Waals surface area (Å²) in [5, 5.41) is 9.19. The maximum Gasteiger partial charge on any atom is 0.203 e. The van der Waals surface area contributed by atoms with Gasteiger partial charge in [0, 0.05) is 22.7 Å². The van der Waals surface area contributed by atoms with Crippen LogP contribution in [0.15, 0.2) is 36.4 Å². The SMILES string of the molecule is COc1cc(-c2nn(-c3cccc(Cl)c3)c3c2CCCCN3)cc(OC)c1OC. The highest BCUT2D eigenvalue weighted by molar-refractivity contribution is 6.30. The maximum absolute atomic E-state index is 6.24. The number of fused-ring (bicyclic) bond motifs is 1. The number of benzene rings is 2. The van der Waals surface area contributed by atoms with E-state index in [0.717, 1.165) is 48.6 Å². The van der Waals surface area contributed by atoms with Gasteiger partial charge in [0.05, 0.1) is 32.7 Å². The van der Waals surface area contributed by atoms with Crippen molar-refractivity contribution in [3.63, 3.8) is 0 Å².